The van der Waals surface area contributed by atoms with Crippen molar-refractivity contribution in [1.82, 2.24) is 4.98 Å². The van der Waals surface area contributed by atoms with Crippen molar-refractivity contribution >= 4 is 16.6 Å². The molecule has 106 valence electrons. The fourth-order valence-electron chi connectivity index (χ4n) is 2.28. The lowest BCUT2D eigenvalue weighted by Gasteiger charge is -2.10. The van der Waals surface area contributed by atoms with Gasteiger partial charge in [0.15, 0.2) is 0 Å². The normalized spacial score (nSPS) is 11.0. The van der Waals surface area contributed by atoms with E-state index in [-0.39, 0.29) is 5.56 Å². The zero-order valence-electron chi connectivity index (χ0n) is 11.3. The van der Waals surface area contributed by atoms with Crippen LogP contribution < -0.4 is 5.32 Å². The lowest BCUT2D eigenvalue weighted by molar-refractivity contribution is 0.151. The summed E-state index contributed by atoms with van der Waals surface area (Å²) >= 11 is 0. The number of benzene rings is 2. The van der Waals surface area contributed by atoms with Crippen molar-refractivity contribution in [2.45, 2.75) is 13.0 Å². The van der Waals surface area contributed by atoms with E-state index in [2.05, 4.69) is 10.3 Å². The molecule has 1 N–H and O–H groups in total. The first-order chi connectivity index (χ1) is 10.2. The molecule has 3 aromatic rings. The van der Waals surface area contributed by atoms with Crippen LogP contribution in [0.15, 0.2) is 60.8 Å². The lowest BCUT2D eigenvalue weighted by atomic mass is 10.1. The first-order valence-electron chi connectivity index (χ1n) is 6.68. The predicted molar refractivity (Wildman–Crippen MR) is 80.5 cm³/mol. The van der Waals surface area contributed by atoms with Crippen LogP contribution in [0.25, 0.3) is 10.9 Å². The van der Waals surface area contributed by atoms with Crippen molar-refractivity contribution in [3.63, 3.8) is 0 Å². The van der Waals surface area contributed by atoms with Gasteiger partial charge in [0.05, 0.1) is 11.2 Å². The Morgan fingerprint density at radius 2 is 1.81 bits per heavy atom. The number of nitrogens with one attached hydrogen (secondary N) is 1. The minimum absolute atomic E-state index is 0.0466. The summed E-state index contributed by atoms with van der Waals surface area (Å²) in [4.78, 5) is 4.36. The van der Waals surface area contributed by atoms with E-state index in [1.807, 2.05) is 36.4 Å². The number of alkyl halides is 2. The van der Waals surface area contributed by atoms with Gasteiger partial charge in [-0.25, -0.2) is 8.78 Å². The molecule has 1 aromatic heterocycles. The number of halogens is 2. The molecule has 1 heterocycles. The highest BCUT2D eigenvalue weighted by Crippen LogP contribution is 2.23. The van der Waals surface area contributed by atoms with Crippen LogP contribution in [0, 0.1) is 0 Å². The summed E-state index contributed by atoms with van der Waals surface area (Å²) in [5, 5.41) is 4.31. The Morgan fingerprint density at radius 1 is 1.00 bits per heavy atom. The van der Waals surface area contributed by atoms with Gasteiger partial charge in [-0.2, -0.15) is 0 Å². The number of para-hydroxylation sites is 1. The molecule has 4 heteroatoms. The summed E-state index contributed by atoms with van der Waals surface area (Å²) < 4.78 is 25.4. The number of fused-ring (bicyclic) bond motifs is 1. The third kappa shape index (κ3) is 2.99. The zero-order valence-corrected chi connectivity index (χ0v) is 11.3. The predicted octanol–water partition coefficient (Wildman–Crippen LogP) is 4.78. The molecule has 0 bridgehead atoms. The van der Waals surface area contributed by atoms with Crippen LogP contribution in [0.5, 0.6) is 0 Å². The molecule has 0 aliphatic heterocycles. The number of nitrogens with zero attached hydrogens (tertiary/aromatic N) is 1. The molecule has 0 radical (unpaired) electrons. The summed E-state index contributed by atoms with van der Waals surface area (Å²) in [5.74, 6) is 0. The molecule has 0 saturated heterocycles. The summed E-state index contributed by atoms with van der Waals surface area (Å²) in [5.41, 5.74) is 2.65. The quantitative estimate of drug-likeness (QED) is 0.745. The smallest absolute Gasteiger partial charge is 0.263 e. The second kappa shape index (κ2) is 5.87. The fraction of sp³-hybridized carbons (Fsp3) is 0.118. The number of pyridine rings is 1. The second-order valence-electron chi connectivity index (χ2n) is 4.78. The molecule has 0 atom stereocenters. The molecule has 2 nitrogen and oxygen atoms in total. The zero-order chi connectivity index (χ0) is 14.7. The van der Waals surface area contributed by atoms with Crippen molar-refractivity contribution in [3.8, 4) is 0 Å². The van der Waals surface area contributed by atoms with Gasteiger partial charge in [-0.3, -0.25) is 4.98 Å². The molecule has 0 aliphatic carbocycles. The van der Waals surface area contributed by atoms with E-state index in [0.29, 0.717) is 6.54 Å². The minimum Gasteiger partial charge on any atom is -0.379 e. The van der Waals surface area contributed by atoms with E-state index in [9.17, 15) is 8.78 Å². The number of rotatable bonds is 4. The van der Waals surface area contributed by atoms with Crippen LogP contribution in [-0.4, -0.2) is 4.98 Å². The van der Waals surface area contributed by atoms with Crippen molar-refractivity contribution in [2.24, 2.45) is 0 Å². The standard InChI is InChI=1S/C17H14F2N2/c18-17(19)14-6-1-4-12(10-14)11-21-15-8-2-5-13-7-3-9-20-16(13)15/h1-10,17,21H,11H2. The number of hydrogen-bond donors (Lipinski definition) is 1. The Labute approximate surface area is 121 Å². The van der Waals surface area contributed by atoms with Gasteiger partial charge in [0.25, 0.3) is 6.43 Å². The molecular weight excluding hydrogens is 270 g/mol. The molecular formula is C17H14F2N2. The first-order valence-corrected chi connectivity index (χ1v) is 6.68. The monoisotopic (exact) mass is 284 g/mol. The number of aromatic nitrogens is 1. The van der Waals surface area contributed by atoms with Crippen LogP contribution in [0.3, 0.4) is 0 Å². The Kier molecular flexibility index (Phi) is 3.77. The van der Waals surface area contributed by atoms with Crippen LogP contribution in [-0.2, 0) is 6.54 Å². The maximum absolute atomic E-state index is 12.7. The van der Waals surface area contributed by atoms with Crippen LogP contribution in [0.4, 0.5) is 14.5 Å². The molecule has 21 heavy (non-hydrogen) atoms. The Hall–Kier alpha value is -2.49. The third-order valence-corrected chi connectivity index (χ3v) is 3.32. The Morgan fingerprint density at radius 3 is 2.67 bits per heavy atom. The molecule has 0 unspecified atom stereocenters. The van der Waals surface area contributed by atoms with Gasteiger partial charge in [-0.1, -0.05) is 36.4 Å². The van der Waals surface area contributed by atoms with Gasteiger partial charge >= 0.3 is 0 Å². The minimum atomic E-state index is -2.44. The first kappa shape index (κ1) is 13.5. The van der Waals surface area contributed by atoms with E-state index >= 15 is 0 Å². The van der Waals surface area contributed by atoms with Crippen LogP contribution >= 0.6 is 0 Å². The molecule has 0 saturated carbocycles. The summed E-state index contributed by atoms with van der Waals surface area (Å²) in [6.45, 7) is 0.482. The molecule has 0 aliphatic rings. The van der Waals surface area contributed by atoms with E-state index in [0.717, 1.165) is 22.2 Å². The molecule has 0 spiro atoms. The van der Waals surface area contributed by atoms with Crippen LogP contribution in [0.1, 0.15) is 17.6 Å². The molecule has 0 amide bonds. The highest BCUT2D eigenvalue weighted by atomic mass is 19.3. The van der Waals surface area contributed by atoms with Crippen molar-refractivity contribution in [1.29, 1.82) is 0 Å². The Bertz CT molecular complexity index is 751. The highest BCUT2D eigenvalue weighted by Gasteiger charge is 2.07. The van der Waals surface area contributed by atoms with E-state index < -0.39 is 6.43 Å². The SMILES string of the molecule is FC(F)c1cccc(CNc2cccc3cccnc23)c1. The van der Waals surface area contributed by atoms with Gasteiger partial charge < -0.3 is 5.32 Å². The highest BCUT2D eigenvalue weighted by molar-refractivity contribution is 5.90. The number of anilines is 1. The van der Waals surface area contributed by atoms with Gasteiger partial charge in [0.2, 0.25) is 0 Å². The van der Waals surface area contributed by atoms with Gasteiger partial charge in [-0.05, 0) is 23.8 Å². The van der Waals surface area contributed by atoms with Crippen molar-refractivity contribution in [2.75, 3.05) is 5.32 Å². The van der Waals surface area contributed by atoms with E-state index in [1.165, 1.54) is 12.1 Å². The maximum Gasteiger partial charge on any atom is 0.263 e. The maximum atomic E-state index is 12.7. The largest absolute Gasteiger partial charge is 0.379 e. The average molecular weight is 284 g/mol. The van der Waals surface area contributed by atoms with E-state index in [1.54, 1.807) is 12.3 Å². The Balaban J connectivity index is 1.82. The van der Waals surface area contributed by atoms with E-state index in [4.69, 9.17) is 0 Å². The summed E-state index contributed by atoms with van der Waals surface area (Å²) in [7, 11) is 0. The van der Waals surface area contributed by atoms with Gasteiger partial charge in [-0.15, -0.1) is 0 Å². The fourth-order valence-corrected chi connectivity index (χ4v) is 2.28. The van der Waals surface area contributed by atoms with Crippen molar-refractivity contribution < 1.29 is 8.78 Å². The number of hydrogen-bond acceptors (Lipinski definition) is 2. The lowest BCUT2D eigenvalue weighted by Crippen LogP contribution is -2.01. The van der Waals surface area contributed by atoms with Crippen molar-refractivity contribution in [3.05, 3.63) is 71.9 Å². The molecule has 3 rings (SSSR count). The third-order valence-electron chi connectivity index (χ3n) is 3.32. The topological polar surface area (TPSA) is 24.9 Å². The summed E-state index contributed by atoms with van der Waals surface area (Å²) in [6, 6.07) is 16.2. The van der Waals surface area contributed by atoms with Crippen LogP contribution in [0.2, 0.25) is 0 Å². The second-order valence-corrected chi connectivity index (χ2v) is 4.78. The molecule has 0 fully saturated rings. The average Bonchev–Trinajstić information content (AvgIpc) is 2.53. The van der Waals surface area contributed by atoms with Gasteiger partial charge in [0, 0.05) is 23.7 Å². The molecule has 2 aromatic carbocycles. The summed E-state index contributed by atoms with van der Waals surface area (Å²) in [6.07, 6.45) is -0.700. The van der Waals surface area contributed by atoms with Gasteiger partial charge in [0.1, 0.15) is 0 Å².